The third-order valence-corrected chi connectivity index (χ3v) is 5.43. The fourth-order valence-electron chi connectivity index (χ4n) is 3.01. The molecule has 0 fully saturated rings. The number of rotatable bonds is 3. The highest BCUT2D eigenvalue weighted by Gasteiger charge is 2.00. The maximum atomic E-state index is 5.71. The van der Waals surface area contributed by atoms with Gasteiger partial charge in [0, 0.05) is 30.7 Å². The summed E-state index contributed by atoms with van der Waals surface area (Å²) in [6.07, 6.45) is 5.62. The molecule has 0 aliphatic carbocycles. The number of aliphatic imine (C=N–C) groups is 1. The first-order chi connectivity index (χ1) is 16.3. The van der Waals surface area contributed by atoms with Crippen LogP contribution in [-0.2, 0) is 0 Å². The number of aryl methyl sites for hydroxylation is 3. The van der Waals surface area contributed by atoms with E-state index in [1.807, 2.05) is 62.5 Å². The lowest BCUT2D eigenvalue weighted by molar-refractivity contribution is 1.12. The van der Waals surface area contributed by atoms with Crippen molar-refractivity contribution in [2.24, 2.45) is 15.2 Å². The quantitative estimate of drug-likeness (QED) is 0.236. The van der Waals surface area contributed by atoms with Gasteiger partial charge < -0.3 is 0 Å². The first kappa shape index (κ1) is 26.7. The minimum Gasteiger partial charge on any atom is -0.297 e. The van der Waals surface area contributed by atoms with Crippen LogP contribution in [0.25, 0.3) is 16.5 Å². The highest BCUT2D eigenvalue weighted by Crippen LogP contribution is 2.23. The van der Waals surface area contributed by atoms with E-state index >= 15 is 0 Å². The van der Waals surface area contributed by atoms with Gasteiger partial charge in [-0.3, -0.25) is 10.1 Å². The molecule has 1 heterocycles. The van der Waals surface area contributed by atoms with Gasteiger partial charge in [-0.1, -0.05) is 48.0 Å². The molecule has 0 saturated heterocycles. The average molecular weight is 474 g/mol. The van der Waals surface area contributed by atoms with Crippen LogP contribution in [0.3, 0.4) is 0 Å². The number of azo groups is 1. The van der Waals surface area contributed by atoms with Crippen LogP contribution in [0.15, 0.2) is 88.2 Å². The predicted molar refractivity (Wildman–Crippen MR) is 147 cm³/mol. The Morgan fingerprint density at radius 3 is 2.32 bits per heavy atom. The van der Waals surface area contributed by atoms with Crippen molar-refractivity contribution in [3.05, 3.63) is 100 Å². The van der Waals surface area contributed by atoms with Crippen LogP contribution in [0.4, 0.5) is 5.69 Å². The molecule has 0 amide bonds. The molecule has 5 nitrogen and oxygen atoms in total. The molecular weight excluding hydrogens is 442 g/mol. The summed E-state index contributed by atoms with van der Waals surface area (Å²) < 4.78 is 0. The van der Waals surface area contributed by atoms with Crippen LogP contribution in [-0.4, -0.2) is 30.5 Å². The van der Waals surface area contributed by atoms with Gasteiger partial charge in [0.25, 0.3) is 0 Å². The van der Waals surface area contributed by atoms with E-state index in [1.54, 1.807) is 20.3 Å². The largest absolute Gasteiger partial charge is 0.297 e. The molecule has 4 aromatic rings. The lowest BCUT2D eigenvalue weighted by atomic mass is 10.0. The normalized spacial score (nSPS) is 11.3. The zero-order valence-electron chi connectivity index (χ0n) is 20.7. The number of halogens is 1. The SMILES string of the molecule is CN=C/C=C(\C)c1ccc(N=NC)c(C)c1.Cc1ccc2cn[nH]c2c1.Cc1ccccc1Cl. The number of hydrogen-bond acceptors (Lipinski definition) is 4. The first-order valence-corrected chi connectivity index (χ1v) is 11.3. The van der Waals surface area contributed by atoms with E-state index in [4.69, 9.17) is 11.6 Å². The molecule has 3 aromatic carbocycles. The van der Waals surface area contributed by atoms with Gasteiger partial charge in [0.2, 0.25) is 0 Å². The molecule has 0 aliphatic rings. The Balaban J connectivity index is 0.000000193. The Hall–Kier alpha value is -3.57. The molecule has 0 aliphatic heterocycles. The topological polar surface area (TPSA) is 65.8 Å². The molecule has 176 valence electrons. The van der Waals surface area contributed by atoms with Crippen molar-refractivity contribution in [3.63, 3.8) is 0 Å². The van der Waals surface area contributed by atoms with Gasteiger partial charge in [0.05, 0.1) is 17.4 Å². The molecular formula is C28H32ClN5. The number of H-pyrrole nitrogens is 1. The maximum absolute atomic E-state index is 5.71. The van der Waals surface area contributed by atoms with Crippen molar-refractivity contribution in [1.82, 2.24) is 10.2 Å². The van der Waals surface area contributed by atoms with Crippen molar-refractivity contribution in [2.45, 2.75) is 27.7 Å². The number of fused-ring (bicyclic) bond motifs is 1. The summed E-state index contributed by atoms with van der Waals surface area (Å²) in [7, 11) is 3.44. The minimum atomic E-state index is 0.840. The van der Waals surface area contributed by atoms with E-state index in [1.165, 1.54) is 22.1 Å². The van der Waals surface area contributed by atoms with Crippen LogP contribution in [0, 0.1) is 20.8 Å². The number of hydrogen-bond donors (Lipinski definition) is 1. The van der Waals surface area contributed by atoms with Gasteiger partial charge in [-0.2, -0.15) is 15.3 Å². The highest BCUT2D eigenvalue weighted by atomic mass is 35.5. The van der Waals surface area contributed by atoms with E-state index in [9.17, 15) is 0 Å². The Bertz CT molecular complexity index is 1260. The number of allylic oxidation sites excluding steroid dienone is 2. The van der Waals surface area contributed by atoms with Crippen LogP contribution in [0.5, 0.6) is 0 Å². The van der Waals surface area contributed by atoms with Crippen molar-refractivity contribution in [1.29, 1.82) is 0 Å². The summed E-state index contributed by atoms with van der Waals surface area (Å²) in [5, 5.41) is 16.7. The molecule has 0 radical (unpaired) electrons. The Morgan fingerprint density at radius 2 is 1.71 bits per heavy atom. The van der Waals surface area contributed by atoms with E-state index in [2.05, 4.69) is 63.5 Å². The molecule has 1 N–H and O–H groups in total. The van der Waals surface area contributed by atoms with Crippen molar-refractivity contribution < 1.29 is 0 Å². The smallest absolute Gasteiger partial charge is 0.0881 e. The lowest BCUT2D eigenvalue weighted by Gasteiger charge is -2.04. The monoisotopic (exact) mass is 473 g/mol. The first-order valence-electron chi connectivity index (χ1n) is 11.0. The van der Waals surface area contributed by atoms with Crippen molar-refractivity contribution in [2.75, 3.05) is 14.1 Å². The summed E-state index contributed by atoms with van der Waals surface area (Å²) in [5.74, 6) is 0. The summed E-state index contributed by atoms with van der Waals surface area (Å²) >= 11 is 5.71. The molecule has 1 aromatic heterocycles. The van der Waals surface area contributed by atoms with Crippen molar-refractivity contribution in [3.8, 4) is 0 Å². The third kappa shape index (κ3) is 8.41. The zero-order valence-corrected chi connectivity index (χ0v) is 21.4. The van der Waals surface area contributed by atoms with Crippen LogP contribution in [0.1, 0.15) is 29.2 Å². The van der Waals surface area contributed by atoms with E-state index in [0.29, 0.717) is 0 Å². The van der Waals surface area contributed by atoms with E-state index in [0.717, 1.165) is 27.4 Å². The molecule has 0 unspecified atom stereocenters. The van der Waals surface area contributed by atoms with Crippen LogP contribution in [0.2, 0.25) is 5.02 Å². The van der Waals surface area contributed by atoms with Gasteiger partial charge in [0.15, 0.2) is 0 Å². The van der Waals surface area contributed by atoms with Crippen LogP contribution >= 0.6 is 11.6 Å². The fourth-order valence-corrected chi connectivity index (χ4v) is 3.14. The molecule has 0 atom stereocenters. The van der Waals surface area contributed by atoms with Gasteiger partial charge in [0.1, 0.15) is 0 Å². The second-order valence-electron chi connectivity index (χ2n) is 7.77. The second kappa shape index (κ2) is 13.9. The Kier molecular flexibility index (Phi) is 10.9. The van der Waals surface area contributed by atoms with E-state index < -0.39 is 0 Å². The molecule has 0 bridgehead atoms. The molecule has 34 heavy (non-hydrogen) atoms. The van der Waals surface area contributed by atoms with Gasteiger partial charge >= 0.3 is 0 Å². The van der Waals surface area contributed by atoms with Gasteiger partial charge in [-0.25, -0.2) is 0 Å². The predicted octanol–water partition coefficient (Wildman–Crippen LogP) is 8.33. The van der Waals surface area contributed by atoms with Gasteiger partial charge in [-0.15, -0.1) is 0 Å². The Labute approximate surface area is 207 Å². The number of nitrogens with one attached hydrogen (secondary N) is 1. The summed E-state index contributed by atoms with van der Waals surface area (Å²) in [4.78, 5) is 3.94. The lowest BCUT2D eigenvalue weighted by Crippen LogP contribution is -1.83. The summed E-state index contributed by atoms with van der Waals surface area (Å²) in [6, 6.07) is 20.1. The zero-order chi connectivity index (χ0) is 24.9. The number of aromatic nitrogens is 2. The molecule has 0 spiro atoms. The minimum absolute atomic E-state index is 0.840. The molecule has 6 heteroatoms. The fraction of sp³-hybridized carbons (Fsp3) is 0.214. The Morgan fingerprint density at radius 1 is 0.941 bits per heavy atom. The number of aromatic amines is 1. The van der Waals surface area contributed by atoms with Crippen molar-refractivity contribution >= 4 is 40.0 Å². The highest BCUT2D eigenvalue weighted by molar-refractivity contribution is 6.31. The van der Waals surface area contributed by atoms with Gasteiger partial charge in [-0.05, 0) is 85.9 Å². The number of benzene rings is 3. The summed E-state index contributed by atoms with van der Waals surface area (Å²) in [6.45, 7) is 8.16. The number of nitrogens with zero attached hydrogens (tertiary/aromatic N) is 4. The average Bonchev–Trinajstić information content (AvgIpc) is 3.29. The third-order valence-electron chi connectivity index (χ3n) is 5.01. The van der Waals surface area contributed by atoms with E-state index in [-0.39, 0.29) is 0 Å². The molecule has 4 rings (SSSR count). The summed E-state index contributed by atoms with van der Waals surface area (Å²) in [5.41, 5.74) is 7.93. The maximum Gasteiger partial charge on any atom is 0.0881 e. The second-order valence-corrected chi connectivity index (χ2v) is 8.18. The van der Waals surface area contributed by atoms with Crippen LogP contribution < -0.4 is 0 Å². The molecule has 0 saturated carbocycles. The standard InChI is InChI=1S/C13H17N3.C8H8N2.C7H7Cl/c1-10(7-8-14-3)12-5-6-13(16-15-4)11(2)9-12;1-6-2-3-7-5-9-10-8(7)4-6;1-6-4-2-3-5-7(6)8/h5-9H,1-4H3;2-5H,1H3,(H,9,10);2-5H,1H3/b10-7+,14-8?,16-15?;;.